The minimum absolute atomic E-state index is 0.0414. The number of aliphatic hydroxyl groups is 3. The molecule has 38 heavy (non-hydrogen) atoms. The summed E-state index contributed by atoms with van der Waals surface area (Å²) in [5, 5.41) is 36.3. The van der Waals surface area contributed by atoms with Gasteiger partial charge in [0, 0.05) is 12.1 Å². The number of aliphatic imine (C=N–C) groups is 3. The van der Waals surface area contributed by atoms with Crippen molar-refractivity contribution in [2.24, 2.45) is 20.4 Å². The summed E-state index contributed by atoms with van der Waals surface area (Å²) >= 11 is 0. The van der Waals surface area contributed by atoms with Crippen LogP contribution >= 0.6 is 0 Å². The first-order chi connectivity index (χ1) is 18.0. The number of allylic oxidation sites excluding steroid dienone is 10. The Morgan fingerprint density at radius 2 is 1.50 bits per heavy atom. The second-order valence-electron chi connectivity index (χ2n) is 11.0. The summed E-state index contributed by atoms with van der Waals surface area (Å²) in [6.45, 7) is 9.66. The molecule has 1 fully saturated rings. The molecule has 6 aliphatic rings. The zero-order valence-corrected chi connectivity index (χ0v) is 22.1. The first kappa shape index (κ1) is 24.7. The highest BCUT2D eigenvalue weighted by Gasteiger charge is 2.54. The van der Waals surface area contributed by atoms with E-state index >= 15 is 0 Å². The van der Waals surface area contributed by atoms with Gasteiger partial charge >= 0.3 is 0 Å². The van der Waals surface area contributed by atoms with Crippen molar-refractivity contribution in [1.29, 1.82) is 0 Å². The van der Waals surface area contributed by atoms with Gasteiger partial charge in [-0.3, -0.25) is 0 Å². The topological polar surface area (TPSA) is 119 Å². The number of nitrogens with one attached hydrogen (secondary N) is 1. The van der Waals surface area contributed by atoms with Crippen LogP contribution < -0.4 is 5.32 Å². The Morgan fingerprint density at radius 3 is 2.21 bits per heavy atom. The molecule has 6 rings (SSSR count). The lowest BCUT2D eigenvalue weighted by Crippen LogP contribution is -2.54. The maximum absolute atomic E-state index is 11.7. The van der Waals surface area contributed by atoms with Crippen LogP contribution in [0.3, 0.4) is 0 Å². The van der Waals surface area contributed by atoms with Gasteiger partial charge in [-0.25, -0.2) is 15.0 Å². The van der Waals surface area contributed by atoms with Crippen molar-refractivity contribution in [3.05, 3.63) is 93.5 Å². The van der Waals surface area contributed by atoms with Crippen molar-refractivity contribution in [1.82, 2.24) is 5.32 Å². The molecule has 0 aliphatic carbocycles. The largest absolute Gasteiger partial charge is 0.509 e. The number of aliphatic hydroxyl groups excluding tert-OH is 3. The molecule has 6 heterocycles. The molecule has 0 radical (unpaired) electrons. The monoisotopic (exact) mass is 512 g/mol. The molecule has 8 nitrogen and oxygen atoms in total. The minimum Gasteiger partial charge on any atom is -0.509 e. The predicted molar refractivity (Wildman–Crippen MR) is 148 cm³/mol. The molecule has 8 heteroatoms. The lowest BCUT2D eigenvalue weighted by molar-refractivity contribution is -0.189. The Morgan fingerprint density at radius 1 is 0.842 bits per heavy atom. The van der Waals surface area contributed by atoms with Gasteiger partial charge in [0.25, 0.3) is 0 Å². The van der Waals surface area contributed by atoms with Gasteiger partial charge in [0.1, 0.15) is 11.9 Å². The van der Waals surface area contributed by atoms with Gasteiger partial charge in [-0.1, -0.05) is 0 Å². The molecule has 0 aromatic heterocycles. The molecule has 0 aromatic carbocycles. The highest BCUT2D eigenvalue weighted by Crippen LogP contribution is 2.48. The molecule has 1 saturated heterocycles. The second-order valence-corrected chi connectivity index (χ2v) is 11.0. The van der Waals surface area contributed by atoms with E-state index in [0.29, 0.717) is 22.8 Å². The fourth-order valence-electron chi connectivity index (χ4n) is 5.71. The van der Waals surface area contributed by atoms with Crippen LogP contribution in [0.2, 0.25) is 0 Å². The van der Waals surface area contributed by atoms with E-state index < -0.39 is 29.8 Å². The SMILES string of the molecule is CC1=CC2=NC1=CC1=NC(=CC3=C(O)C(C)([C@@H]4O[C@H](C)[C@H](O)C[C@H]4O)C(=CC4=NC(=C2)C(C)=C4)N3)C=C1C. The van der Waals surface area contributed by atoms with Crippen molar-refractivity contribution in [3.8, 4) is 0 Å². The number of fused-ring (bicyclic) bond motifs is 5. The zero-order chi connectivity index (χ0) is 26.9. The van der Waals surface area contributed by atoms with Gasteiger partial charge in [-0.15, -0.1) is 0 Å². The summed E-state index contributed by atoms with van der Waals surface area (Å²) in [6, 6.07) is 0. The van der Waals surface area contributed by atoms with Gasteiger partial charge in [-0.05, 0) is 93.9 Å². The highest BCUT2D eigenvalue weighted by atomic mass is 16.5. The fourth-order valence-corrected chi connectivity index (χ4v) is 5.71. The third-order valence-electron chi connectivity index (χ3n) is 8.08. The molecule has 196 valence electrons. The summed E-state index contributed by atoms with van der Waals surface area (Å²) in [5.41, 5.74) is 7.77. The van der Waals surface area contributed by atoms with Crippen LogP contribution in [0.5, 0.6) is 0 Å². The second kappa shape index (κ2) is 8.73. The van der Waals surface area contributed by atoms with E-state index in [1.54, 1.807) is 13.0 Å². The average molecular weight is 513 g/mol. The number of ether oxygens (including phenoxy) is 1. The van der Waals surface area contributed by atoms with Gasteiger partial charge in [0.2, 0.25) is 0 Å². The molecule has 0 saturated carbocycles. The zero-order valence-electron chi connectivity index (χ0n) is 22.1. The molecular weight excluding hydrogens is 480 g/mol. The smallest absolute Gasteiger partial charge is 0.130 e. The molecule has 0 spiro atoms. The Kier molecular flexibility index (Phi) is 5.68. The molecule has 0 aromatic rings. The highest BCUT2D eigenvalue weighted by molar-refractivity contribution is 6.14. The summed E-state index contributed by atoms with van der Waals surface area (Å²) < 4.78 is 6.13. The summed E-state index contributed by atoms with van der Waals surface area (Å²) in [5.74, 6) is 0.0414. The lowest BCUT2D eigenvalue weighted by atomic mass is 9.75. The van der Waals surface area contributed by atoms with Gasteiger partial charge < -0.3 is 25.4 Å². The van der Waals surface area contributed by atoms with E-state index in [1.165, 1.54) is 0 Å². The first-order valence-electron chi connectivity index (χ1n) is 12.9. The quantitative estimate of drug-likeness (QED) is 0.423. The van der Waals surface area contributed by atoms with Crippen LogP contribution in [0.15, 0.2) is 108 Å². The van der Waals surface area contributed by atoms with Crippen molar-refractivity contribution in [2.75, 3.05) is 0 Å². The van der Waals surface area contributed by atoms with Crippen LogP contribution in [0.25, 0.3) is 0 Å². The van der Waals surface area contributed by atoms with Crippen LogP contribution in [0.4, 0.5) is 0 Å². The fraction of sp³-hybridized carbons (Fsp3) is 0.367. The molecule has 0 amide bonds. The molecule has 8 bridgehead atoms. The molecule has 1 unspecified atom stereocenters. The van der Waals surface area contributed by atoms with Crippen LogP contribution in [-0.2, 0) is 4.74 Å². The minimum atomic E-state index is -1.11. The van der Waals surface area contributed by atoms with Gasteiger partial charge in [-0.2, -0.15) is 0 Å². The van der Waals surface area contributed by atoms with E-state index in [-0.39, 0.29) is 12.2 Å². The Balaban J connectivity index is 1.54. The van der Waals surface area contributed by atoms with Crippen LogP contribution in [-0.4, -0.2) is 56.9 Å². The van der Waals surface area contributed by atoms with Crippen molar-refractivity contribution in [3.63, 3.8) is 0 Å². The van der Waals surface area contributed by atoms with Gasteiger partial charge in [0.05, 0.1) is 63.7 Å². The maximum atomic E-state index is 11.7. The van der Waals surface area contributed by atoms with E-state index in [2.05, 4.69) is 5.32 Å². The lowest BCUT2D eigenvalue weighted by Gasteiger charge is -2.44. The van der Waals surface area contributed by atoms with E-state index in [1.807, 2.05) is 64.2 Å². The third kappa shape index (κ3) is 3.91. The maximum Gasteiger partial charge on any atom is 0.130 e. The first-order valence-corrected chi connectivity index (χ1v) is 12.9. The van der Waals surface area contributed by atoms with Gasteiger partial charge in [0.15, 0.2) is 0 Å². The van der Waals surface area contributed by atoms with E-state index in [9.17, 15) is 15.3 Å². The van der Waals surface area contributed by atoms with Crippen molar-refractivity contribution >= 4 is 17.1 Å². The summed E-state index contributed by atoms with van der Waals surface area (Å²) in [7, 11) is 0. The summed E-state index contributed by atoms with van der Waals surface area (Å²) in [4.78, 5) is 14.4. The van der Waals surface area contributed by atoms with E-state index in [4.69, 9.17) is 19.7 Å². The van der Waals surface area contributed by atoms with E-state index in [0.717, 1.165) is 39.5 Å². The van der Waals surface area contributed by atoms with Crippen molar-refractivity contribution < 1.29 is 20.1 Å². The third-order valence-corrected chi connectivity index (χ3v) is 8.08. The number of rotatable bonds is 1. The van der Waals surface area contributed by atoms with Crippen LogP contribution in [0, 0.1) is 5.41 Å². The molecular formula is C30H32N4O4. The Bertz CT molecular complexity index is 1490. The number of hydrogen-bond acceptors (Lipinski definition) is 8. The molecule has 6 aliphatic heterocycles. The standard InChI is InChI=1S/C30H32N4O4/c1-14-8-20-11-27-30(5,29-26(36)13-25(35)17(4)38-29)28(37)24(34-27)10-19-7-16(3)23(32-19)12-22-15(2)6-18(31-22)9-21(14)33-20/h6-12,17,25-26,29,34-37H,13H2,1-5H3/t17-,25-,26-,29-,30?/m1/s1. The van der Waals surface area contributed by atoms with Crippen LogP contribution in [0.1, 0.15) is 41.0 Å². The predicted octanol–water partition coefficient (Wildman–Crippen LogP) is 4.02. The average Bonchev–Trinajstić information content (AvgIpc) is 3.55. The Hall–Kier alpha value is -3.59. The Labute approximate surface area is 222 Å². The normalized spacial score (nSPS) is 34.3. The number of nitrogens with zero attached hydrogens (tertiary/aromatic N) is 3. The molecule has 4 N–H and O–H groups in total. The number of hydrogen-bond donors (Lipinski definition) is 4. The molecule has 5 atom stereocenters. The van der Waals surface area contributed by atoms with Crippen molar-refractivity contribution in [2.45, 2.75) is 65.5 Å². The summed E-state index contributed by atoms with van der Waals surface area (Å²) in [6.07, 6.45) is 10.7.